The van der Waals surface area contributed by atoms with Gasteiger partial charge in [0.25, 0.3) is 0 Å². The normalized spacial score (nSPS) is 18.3. The summed E-state index contributed by atoms with van der Waals surface area (Å²) in [5, 5.41) is 9.93. The lowest BCUT2D eigenvalue weighted by Crippen LogP contribution is -2.19. The van der Waals surface area contributed by atoms with Crippen LogP contribution in [0.2, 0.25) is 0 Å². The van der Waals surface area contributed by atoms with E-state index in [0.717, 1.165) is 12.3 Å². The van der Waals surface area contributed by atoms with Crippen molar-refractivity contribution in [1.29, 1.82) is 0 Å². The summed E-state index contributed by atoms with van der Waals surface area (Å²) in [6, 6.07) is 1.72. The molecule has 136 valence electrons. The molecular formula is C16H12F7NO. The number of halogens is 7. The molecule has 0 fully saturated rings. The molecule has 2 nitrogen and oxygen atoms in total. The highest BCUT2D eigenvalue weighted by atomic mass is 19.4. The molecule has 25 heavy (non-hydrogen) atoms. The number of benzene rings is 1. The van der Waals surface area contributed by atoms with Crippen LogP contribution >= 0.6 is 0 Å². The molecule has 0 spiro atoms. The van der Waals surface area contributed by atoms with Gasteiger partial charge in [-0.25, -0.2) is 4.39 Å². The van der Waals surface area contributed by atoms with E-state index in [1.54, 1.807) is 0 Å². The molecule has 1 unspecified atom stereocenters. The van der Waals surface area contributed by atoms with Crippen molar-refractivity contribution in [3.05, 3.63) is 47.0 Å². The van der Waals surface area contributed by atoms with Gasteiger partial charge in [0.1, 0.15) is 5.82 Å². The number of rotatable bonds is 1. The maximum absolute atomic E-state index is 13.5. The number of nitrogens with zero attached hydrogens (tertiary/aromatic N) is 1. The van der Waals surface area contributed by atoms with Crippen LogP contribution in [0.1, 0.15) is 35.8 Å². The summed E-state index contributed by atoms with van der Waals surface area (Å²) < 4.78 is 93.8. The first kappa shape index (κ1) is 17.8. The molecule has 1 atom stereocenters. The Hall–Kier alpha value is -2.03. The van der Waals surface area contributed by atoms with Crippen molar-refractivity contribution in [2.24, 2.45) is 0 Å². The van der Waals surface area contributed by atoms with Crippen LogP contribution in [-0.2, 0) is 18.9 Å². The molecule has 0 aliphatic carbocycles. The van der Waals surface area contributed by atoms with E-state index in [1.165, 1.54) is 4.57 Å². The van der Waals surface area contributed by atoms with E-state index in [1.807, 2.05) is 0 Å². The van der Waals surface area contributed by atoms with Crippen molar-refractivity contribution in [3.63, 3.8) is 0 Å². The fourth-order valence-electron chi connectivity index (χ4n) is 3.13. The van der Waals surface area contributed by atoms with Crippen LogP contribution in [0.3, 0.4) is 0 Å². The fraction of sp³-hybridized carbons (Fsp3) is 0.375. The van der Waals surface area contributed by atoms with E-state index in [-0.39, 0.29) is 18.7 Å². The first-order valence-electron chi connectivity index (χ1n) is 7.35. The Kier molecular flexibility index (Phi) is 4.09. The average Bonchev–Trinajstić information content (AvgIpc) is 2.87. The lowest BCUT2D eigenvalue weighted by Gasteiger charge is -2.23. The Balaban J connectivity index is 2.25. The molecule has 0 saturated heterocycles. The van der Waals surface area contributed by atoms with Crippen LogP contribution in [0, 0.1) is 5.82 Å². The Morgan fingerprint density at radius 1 is 1.04 bits per heavy atom. The predicted octanol–water partition coefficient (Wildman–Crippen LogP) is 5.16. The maximum atomic E-state index is 13.5. The van der Waals surface area contributed by atoms with E-state index < -0.39 is 46.5 Å². The lowest BCUT2D eigenvalue weighted by atomic mass is 9.97. The third-order valence-corrected chi connectivity index (χ3v) is 4.18. The minimum atomic E-state index is -5.03. The van der Waals surface area contributed by atoms with Gasteiger partial charge in [-0.3, -0.25) is 0 Å². The van der Waals surface area contributed by atoms with Crippen molar-refractivity contribution in [1.82, 2.24) is 4.57 Å². The van der Waals surface area contributed by atoms with Crippen molar-refractivity contribution < 1.29 is 35.8 Å². The van der Waals surface area contributed by atoms with Crippen LogP contribution in [0.5, 0.6) is 0 Å². The van der Waals surface area contributed by atoms with Crippen LogP contribution in [0.4, 0.5) is 30.7 Å². The summed E-state index contributed by atoms with van der Waals surface area (Å²) in [5.74, 6) is -1.56. The number of aliphatic hydroxyl groups is 1. The minimum Gasteiger partial charge on any atom is -0.387 e. The van der Waals surface area contributed by atoms with Gasteiger partial charge in [-0.05, 0) is 30.5 Å². The number of fused-ring (bicyclic) bond motifs is 1. The Labute approximate surface area is 137 Å². The van der Waals surface area contributed by atoms with Gasteiger partial charge in [-0.2, -0.15) is 26.3 Å². The standard InChI is InChI=1S/C16H12F7NO/c17-11-4-3-8(6-10(11)15(18,19)20)9-7-24-5-1-2-12(25)14(24)13(9)16(21,22)23/h3-4,6-7,12,25H,1-2,5H2. The Morgan fingerprint density at radius 2 is 1.72 bits per heavy atom. The van der Waals surface area contributed by atoms with Crippen LogP contribution in [0.25, 0.3) is 11.1 Å². The highest BCUT2D eigenvalue weighted by Gasteiger charge is 2.42. The molecule has 1 aliphatic heterocycles. The molecule has 0 saturated carbocycles. The second kappa shape index (κ2) is 5.76. The molecule has 1 aromatic heterocycles. The van der Waals surface area contributed by atoms with Gasteiger partial charge >= 0.3 is 12.4 Å². The van der Waals surface area contributed by atoms with Gasteiger partial charge in [0, 0.05) is 18.3 Å². The molecule has 9 heteroatoms. The third kappa shape index (κ3) is 3.12. The van der Waals surface area contributed by atoms with Gasteiger partial charge < -0.3 is 9.67 Å². The summed E-state index contributed by atoms with van der Waals surface area (Å²) in [6.45, 7) is 0.211. The smallest absolute Gasteiger partial charge is 0.387 e. The van der Waals surface area contributed by atoms with Gasteiger partial charge in [0.15, 0.2) is 0 Å². The second-order valence-electron chi connectivity index (χ2n) is 5.84. The van der Waals surface area contributed by atoms with E-state index in [0.29, 0.717) is 18.6 Å². The fourth-order valence-corrected chi connectivity index (χ4v) is 3.13. The van der Waals surface area contributed by atoms with Gasteiger partial charge in [0.2, 0.25) is 0 Å². The number of alkyl halides is 6. The van der Waals surface area contributed by atoms with Crippen molar-refractivity contribution >= 4 is 0 Å². The van der Waals surface area contributed by atoms with Gasteiger partial charge in [-0.15, -0.1) is 0 Å². The van der Waals surface area contributed by atoms with E-state index in [9.17, 15) is 35.8 Å². The Morgan fingerprint density at radius 3 is 2.32 bits per heavy atom. The lowest BCUT2D eigenvalue weighted by molar-refractivity contribution is -0.140. The molecule has 1 aliphatic rings. The van der Waals surface area contributed by atoms with Crippen molar-refractivity contribution in [2.75, 3.05) is 0 Å². The summed E-state index contributed by atoms with van der Waals surface area (Å²) in [5.41, 5.74) is -4.10. The van der Waals surface area contributed by atoms with Crippen LogP contribution < -0.4 is 0 Å². The highest BCUT2D eigenvalue weighted by Crippen LogP contribution is 2.45. The number of aromatic nitrogens is 1. The average molecular weight is 367 g/mol. The molecule has 2 aromatic rings. The zero-order chi connectivity index (χ0) is 18.6. The number of hydrogen-bond acceptors (Lipinski definition) is 1. The summed E-state index contributed by atoms with van der Waals surface area (Å²) >= 11 is 0. The predicted molar refractivity (Wildman–Crippen MR) is 74.0 cm³/mol. The monoisotopic (exact) mass is 367 g/mol. The summed E-state index contributed by atoms with van der Waals surface area (Å²) in [4.78, 5) is 0. The van der Waals surface area contributed by atoms with Crippen molar-refractivity contribution in [2.45, 2.75) is 37.8 Å². The summed E-state index contributed by atoms with van der Waals surface area (Å²) in [6.07, 6.45) is -9.63. The first-order chi connectivity index (χ1) is 11.5. The summed E-state index contributed by atoms with van der Waals surface area (Å²) in [7, 11) is 0. The molecule has 1 N–H and O–H groups in total. The highest BCUT2D eigenvalue weighted by molar-refractivity contribution is 5.70. The van der Waals surface area contributed by atoms with Crippen LogP contribution in [-0.4, -0.2) is 9.67 Å². The zero-order valence-electron chi connectivity index (χ0n) is 12.5. The topological polar surface area (TPSA) is 25.2 Å². The molecule has 0 amide bonds. The first-order valence-corrected chi connectivity index (χ1v) is 7.35. The third-order valence-electron chi connectivity index (χ3n) is 4.18. The SMILES string of the molecule is OC1CCCn2cc(-c3ccc(F)c(C(F)(F)F)c3)c(C(F)(F)F)c21. The molecule has 3 rings (SSSR count). The molecule has 0 radical (unpaired) electrons. The molecule has 2 heterocycles. The van der Waals surface area contributed by atoms with Gasteiger partial charge in [0.05, 0.1) is 22.9 Å². The number of aliphatic hydroxyl groups excluding tert-OH is 1. The van der Waals surface area contributed by atoms with Gasteiger partial charge in [-0.1, -0.05) is 6.07 Å². The molecule has 1 aromatic carbocycles. The Bertz CT molecular complexity index is 804. The molecular weight excluding hydrogens is 355 g/mol. The molecule has 0 bridgehead atoms. The largest absolute Gasteiger partial charge is 0.419 e. The quantitative estimate of drug-likeness (QED) is 0.692. The van der Waals surface area contributed by atoms with E-state index in [2.05, 4.69) is 0 Å². The number of hydrogen-bond donors (Lipinski definition) is 1. The van der Waals surface area contributed by atoms with E-state index in [4.69, 9.17) is 0 Å². The maximum Gasteiger partial charge on any atom is 0.419 e. The number of aryl methyl sites for hydroxylation is 1. The minimum absolute atomic E-state index is 0.129. The van der Waals surface area contributed by atoms with Crippen LogP contribution in [0.15, 0.2) is 24.4 Å². The van der Waals surface area contributed by atoms with E-state index >= 15 is 0 Å². The van der Waals surface area contributed by atoms with Crippen molar-refractivity contribution in [3.8, 4) is 11.1 Å². The zero-order valence-corrected chi connectivity index (χ0v) is 12.5. The second-order valence-corrected chi connectivity index (χ2v) is 5.84.